The molecule has 0 bridgehead atoms. The van der Waals surface area contributed by atoms with E-state index in [4.69, 9.17) is 9.97 Å². The molecule has 3 rings (SSSR count). The molecule has 2 aromatic heterocycles. The molecule has 2 nitrogen and oxygen atoms in total. The van der Waals surface area contributed by atoms with Crippen LogP contribution in [0.15, 0.2) is 36.4 Å². The van der Waals surface area contributed by atoms with E-state index in [9.17, 15) is 0 Å². The summed E-state index contributed by atoms with van der Waals surface area (Å²) in [6.07, 6.45) is 18.1. The van der Waals surface area contributed by atoms with Gasteiger partial charge < -0.3 is 0 Å². The summed E-state index contributed by atoms with van der Waals surface area (Å²) in [5, 5.41) is 2.41. The van der Waals surface area contributed by atoms with Crippen molar-refractivity contribution in [3.8, 4) is 0 Å². The van der Waals surface area contributed by atoms with E-state index in [1.807, 2.05) is 0 Å². The summed E-state index contributed by atoms with van der Waals surface area (Å²) in [7, 11) is 0. The first-order valence-corrected chi connectivity index (χ1v) is 12.5. The average molecular weight is 405 g/mol. The molecule has 0 amide bonds. The van der Waals surface area contributed by atoms with E-state index in [0.717, 1.165) is 23.9 Å². The topological polar surface area (TPSA) is 25.8 Å². The van der Waals surface area contributed by atoms with Crippen molar-refractivity contribution in [2.75, 3.05) is 0 Å². The summed E-state index contributed by atoms with van der Waals surface area (Å²) in [5.74, 6) is 0. The fourth-order valence-electron chi connectivity index (χ4n) is 4.30. The molecule has 162 valence electrons. The molecule has 0 aliphatic carbocycles. The third kappa shape index (κ3) is 6.79. The highest BCUT2D eigenvalue weighted by Gasteiger charge is 2.07. The van der Waals surface area contributed by atoms with Gasteiger partial charge in [-0.25, -0.2) is 0 Å². The lowest BCUT2D eigenvalue weighted by atomic mass is 10.0. The number of aryl methyl sites for hydroxylation is 2. The lowest BCUT2D eigenvalue weighted by Gasteiger charge is -2.08. The summed E-state index contributed by atoms with van der Waals surface area (Å²) in [6, 6.07) is 13.3. The van der Waals surface area contributed by atoms with Crippen molar-refractivity contribution in [1.29, 1.82) is 0 Å². The Labute approximate surface area is 183 Å². The molecule has 0 unspecified atom stereocenters. The SMILES string of the molecule is CCCCCCCCc1ccc2ccc3ccc(CCCCCCCC)nc3c2n1. The number of pyridine rings is 2. The van der Waals surface area contributed by atoms with Gasteiger partial charge >= 0.3 is 0 Å². The van der Waals surface area contributed by atoms with E-state index in [-0.39, 0.29) is 0 Å². The van der Waals surface area contributed by atoms with Gasteiger partial charge in [0.25, 0.3) is 0 Å². The van der Waals surface area contributed by atoms with Crippen LogP contribution in [0.5, 0.6) is 0 Å². The summed E-state index contributed by atoms with van der Waals surface area (Å²) in [4.78, 5) is 10.1. The quantitative estimate of drug-likeness (QED) is 0.198. The van der Waals surface area contributed by atoms with Gasteiger partial charge in [0.1, 0.15) is 0 Å². The van der Waals surface area contributed by atoms with Crippen LogP contribution in [0.2, 0.25) is 0 Å². The highest BCUT2D eigenvalue weighted by molar-refractivity contribution is 6.02. The van der Waals surface area contributed by atoms with Gasteiger partial charge in [0.05, 0.1) is 11.0 Å². The Morgan fingerprint density at radius 2 is 0.833 bits per heavy atom. The van der Waals surface area contributed by atoms with Gasteiger partial charge in [-0.1, -0.05) is 102 Å². The van der Waals surface area contributed by atoms with E-state index in [1.165, 1.54) is 99.2 Å². The highest BCUT2D eigenvalue weighted by atomic mass is 14.8. The van der Waals surface area contributed by atoms with Crippen LogP contribution in [-0.2, 0) is 12.8 Å². The Balaban J connectivity index is 1.65. The maximum atomic E-state index is 5.05. The summed E-state index contributed by atoms with van der Waals surface area (Å²) >= 11 is 0. The highest BCUT2D eigenvalue weighted by Crippen LogP contribution is 2.24. The molecule has 3 aromatic rings. The van der Waals surface area contributed by atoms with Crippen molar-refractivity contribution >= 4 is 21.8 Å². The van der Waals surface area contributed by atoms with Crippen LogP contribution in [0.1, 0.15) is 102 Å². The molecule has 0 saturated carbocycles. The van der Waals surface area contributed by atoms with Crippen molar-refractivity contribution in [2.24, 2.45) is 0 Å². The van der Waals surface area contributed by atoms with Gasteiger partial charge in [0.2, 0.25) is 0 Å². The van der Waals surface area contributed by atoms with Gasteiger partial charge in [0.15, 0.2) is 0 Å². The maximum absolute atomic E-state index is 5.05. The van der Waals surface area contributed by atoms with Gasteiger partial charge in [-0.05, 0) is 37.8 Å². The first-order chi connectivity index (χ1) is 14.8. The number of unbranched alkanes of at least 4 members (excludes halogenated alkanes) is 10. The summed E-state index contributed by atoms with van der Waals surface area (Å²) in [5.41, 5.74) is 4.60. The Morgan fingerprint density at radius 3 is 1.27 bits per heavy atom. The third-order valence-electron chi connectivity index (χ3n) is 6.21. The molecule has 0 aliphatic rings. The Kier molecular flexibility index (Phi) is 9.60. The molecule has 0 atom stereocenters. The van der Waals surface area contributed by atoms with Crippen molar-refractivity contribution in [2.45, 2.75) is 104 Å². The fourth-order valence-corrected chi connectivity index (χ4v) is 4.30. The summed E-state index contributed by atoms with van der Waals surface area (Å²) < 4.78 is 0. The largest absolute Gasteiger partial charge is 0.251 e. The zero-order chi connectivity index (χ0) is 21.0. The molecule has 0 spiro atoms. The zero-order valence-corrected chi connectivity index (χ0v) is 19.3. The Hall–Kier alpha value is -1.96. The normalized spacial score (nSPS) is 11.5. The maximum Gasteiger partial charge on any atom is 0.0967 e. The first kappa shape index (κ1) is 22.7. The molecule has 0 aliphatic heterocycles. The number of hydrogen-bond acceptors (Lipinski definition) is 2. The second-order valence-electron chi connectivity index (χ2n) is 8.85. The van der Waals surface area contributed by atoms with Gasteiger partial charge in [-0.3, -0.25) is 9.97 Å². The zero-order valence-electron chi connectivity index (χ0n) is 19.3. The van der Waals surface area contributed by atoms with Crippen LogP contribution in [0, 0.1) is 0 Å². The van der Waals surface area contributed by atoms with Crippen molar-refractivity contribution in [1.82, 2.24) is 9.97 Å². The van der Waals surface area contributed by atoms with Crippen LogP contribution in [0.3, 0.4) is 0 Å². The second-order valence-corrected chi connectivity index (χ2v) is 8.85. The van der Waals surface area contributed by atoms with Gasteiger partial charge in [0, 0.05) is 22.2 Å². The van der Waals surface area contributed by atoms with Crippen LogP contribution in [0.4, 0.5) is 0 Å². The van der Waals surface area contributed by atoms with E-state index in [2.05, 4.69) is 50.2 Å². The number of nitrogens with zero attached hydrogens (tertiary/aromatic N) is 2. The lowest BCUT2D eigenvalue weighted by Crippen LogP contribution is -1.96. The molecule has 0 fully saturated rings. The molecule has 2 heterocycles. The van der Waals surface area contributed by atoms with Crippen LogP contribution in [0.25, 0.3) is 21.8 Å². The van der Waals surface area contributed by atoms with Gasteiger partial charge in [-0.2, -0.15) is 0 Å². The number of benzene rings is 1. The smallest absolute Gasteiger partial charge is 0.0967 e. The molecular formula is C28H40N2. The van der Waals surface area contributed by atoms with Gasteiger partial charge in [-0.15, -0.1) is 0 Å². The van der Waals surface area contributed by atoms with E-state index in [1.54, 1.807) is 0 Å². The van der Waals surface area contributed by atoms with Crippen LogP contribution in [-0.4, -0.2) is 9.97 Å². The van der Waals surface area contributed by atoms with Crippen LogP contribution >= 0.6 is 0 Å². The minimum absolute atomic E-state index is 1.08. The first-order valence-electron chi connectivity index (χ1n) is 12.5. The Morgan fingerprint density at radius 1 is 0.467 bits per heavy atom. The fraction of sp³-hybridized carbons (Fsp3) is 0.571. The predicted molar refractivity (Wildman–Crippen MR) is 131 cm³/mol. The minimum Gasteiger partial charge on any atom is -0.251 e. The molecule has 2 heteroatoms. The van der Waals surface area contributed by atoms with Crippen molar-refractivity contribution < 1.29 is 0 Å². The molecule has 0 N–H and O–H groups in total. The monoisotopic (exact) mass is 404 g/mol. The van der Waals surface area contributed by atoms with E-state index in [0.29, 0.717) is 0 Å². The lowest BCUT2D eigenvalue weighted by molar-refractivity contribution is 0.605. The molecule has 1 aromatic carbocycles. The molecule has 30 heavy (non-hydrogen) atoms. The van der Waals surface area contributed by atoms with E-state index >= 15 is 0 Å². The third-order valence-corrected chi connectivity index (χ3v) is 6.21. The molecule has 0 saturated heterocycles. The Bertz CT molecular complexity index is 825. The number of rotatable bonds is 14. The average Bonchev–Trinajstić information content (AvgIpc) is 2.78. The number of aromatic nitrogens is 2. The summed E-state index contributed by atoms with van der Waals surface area (Å²) in [6.45, 7) is 4.55. The van der Waals surface area contributed by atoms with Crippen molar-refractivity contribution in [3.05, 3.63) is 47.8 Å². The number of hydrogen-bond donors (Lipinski definition) is 0. The minimum atomic E-state index is 1.08. The van der Waals surface area contributed by atoms with E-state index < -0.39 is 0 Å². The second kappa shape index (κ2) is 12.7. The van der Waals surface area contributed by atoms with Crippen LogP contribution < -0.4 is 0 Å². The standard InChI is InChI=1S/C28H40N2/c1-3-5-7-9-11-13-15-25-21-19-23-17-18-24-20-22-26(30-28(24)27(23)29-25)16-14-12-10-8-6-4-2/h17-22H,3-16H2,1-2H3. The van der Waals surface area contributed by atoms with Crippen molar-refractivity contribution in [3.63, 3.8) is 0 Å². The number of fused-ring (bicyclic) bond motifs is 3. The predicted octanol–water partition coefficient (Wildman–Crippen LogP) is 8.59. The molecule has 0 radical (unpaired) electrons. The molecular weight excluding hydrogens is 364 g/mol.